The average Bonchev–Trinajstić information content (AvgIpc) is 2.49. The number of likely N-dealkylation sites (N-methyl/N-ethyl adjacent to an activating group) is 1. The van der Waals surface area contributed by atoms with Gasteiger partial charge in [0.2, 0.25) is 5.28 Å². The maximum Gasteiger partial charge on any atom is 0.245 e. The number of anilines is 1. The summed E-state index contributed by atoms with van der Waals surface area (Å²) in [4.78, 5) is 6.06. The van der Waals surface area contributed by atoms with Gasteiger partial charge in [-0.15, -0.1) is 10.2 Å². The van der Waals surface area contributed by atoms with Crippen molar-refractivity contribution >= 4 is 29.0 Å². The number of aromatic nitrogens is 3. The van der Waals surface area contributed by atoms with E-state index in [4.69, 9.17) is 27.9 Å². The van der Waals surface area contributed by atoms with Gasteiger partial charge in [0.15, 0.2) is 11.0 Å². The number of benzene rings is 1. The van der Waals surface area contributed by atoms with Crippen molar-refractivity contribution in [1.29, 1.82) is 0 Å². The zero-order chi connectivity index (χ0) is 15.4. The third-order valence-electron chi connectivity index (χ3n) is 3.31. The van der Waals surface area contributed by atoms with Gasteiger partial charge in [-0.25, -0.2) is 0 Å². The van der Waals surface area contributed by atoms with Crippen LogP contribution in [0.15, 0.2) is 24.3 Å². The molecule has 112 valence electrons. The highest BCUT2D eigenvalue weighted by atomic mass is 35.5. The fraction of sp³-hybridized carbons (Fsp3) is 0.357. The van der Waals surface area contributed by atoms with Crippen LogP contribution in [0.1, 0.15) is 12.5 Å². The van der Waals surface area contributed by atoms with Crippen molar-refractivity contribution in [3.05, 3.63) is 40.3 Å². The molecular weight excluding hydrogens is 311 g/mol. The maximum atomic E-state index is 6.04. The molecule has 1 heterocycles. The predicted molar refractivity (Wildman–Crippen MR) is 84.4 cm³/mol. The Bertz CT molecular complexity index is 624. The highest BCUT2D eigenvalue weighted by Gasteiger charge is 2.18. The fourth-order valence-corrected chi connectivity index (χ4v) is 2.38. The smallest absolute Gasteiger partial charge is 0.245 e. The van der Waals surface area contributed by atoms with Crippen molar-refractivity contribution in [2.45, 2.75) is 19.4 Å². The normalized spacial score (nSPS) is 12.0. The van der Waals surface area contributed by atoms with Crippen molar-refractivity contribution < 1.29 is 4.74 Å². The average molecular weight is 327 g/mol. The molecule has 0 spiro atoms. The molecule has 1 aromatic carbocycles. The Balaban J connectivity index is 2.19. The van der Waals surface area contributed by atoms with Gasteiger partial charge in [0.05, 0.1) is 7.11 Å². The van der Waals surface area contributed by atoms with Crippen LogP contribution in [0.25, 0.3) is 0 Å². The lowest BCUT2D eigenvalue weighted by Gasteiger charge is -2.26. The number of para-hydroxylation sites is 1. The first kappa shape index (κ1) is 15.8. The van der Waals surface area contributed by atoms with Gasteiger partial charge in [-0.2, -0.15) is 4.98 Å². The fourth-order valence-electron chi connectivity index (χ4n) is 2.05. The van der Waals surface area contributed by atoms with E-state index in [2.05, 4.69) is 22.1 Å². The first-order valence-electron chi connectivity index (χ1n) is 6.43. The molecule has 5 nitrogen and oxygen atoms in total. The second-order valence-electron chi connectivity index (χ2n) is 4.67. The summed E-state index contributed by atoms with van der Waals surface area (Å²) in [5.41, 5.74) is 1.11. The van der Waals surface area contributed by atoms with Gasteiger partial charge in [0, 0.05) is 13.1 Å². The summed E-state index contributed by atoms with van der Waals surface area (Å²) in [6, 6.07) is 8.04. The summed E-state index contributed by atoms with van der Waals surface area (Å²) in [5.74, 6) is 1.38. The molecule has 0 bridgehead atoms. The summed E-state index contributed by atoms with van der Waals surface area (Å²) in [6.45, 7) is 2.07. The molecule has 1 aromatic heterocycles. The van der Waals surface area contributed by atoms with Crippen LogP contribution in [-0.4, -0.2) is 35.4 Å². The van der Waals surface area contributed by atoms with E-state index in [9.17, 15) is 0 Å². The third-order valence-corrected chi connectivity index (χ3v) is 3.71. The molecule has 1 atom stereocenters. The van der Waals surface area contributed by atoms with Gasteiger partial charge in [-0.05, 0) is 36.6 Å². The highest BCUT2D eigenvalue weighted by Crippen LogP contribution is 2.25. The molecule has 0 aliphatic heterocycles. The van der Waals surface area contributed by atoms with Crippen LogP contribution in [0.2, 0.25) is 10.4 Å². The molecule has 0 saturated carbocycles. The van der Waals surface area contributed by atoms with Crippen LogP contribution in [0.5, 0.6) is 5.75 Å². The Morgan fingerprint density at radius 2 is 1.95 bits per heavy atom. The number of halogens is 2. The molecule has 0 amide bonds. The van der Waals surface area contributed by atoms with Gasteiger partial charge in [0.25, 0.3) is 0 Å². The van der Waals surface area contributed by atoms with Gasteiger partial charge < -0.3 is 9.64 Å². The minimum absolute atomic E-state index is 0.0748. The van der Waals surface area contributed by atoms with E-state index in [1.807, 2.05) is 36.2 Å². The molecule has 0 N–H and O–H groups in total. The number of ether oxygens (including phenoxy) is 1. The largest absolute Gasteiger partial charge is 0.496 e. The zero-order valence-corrected chi connectivity index (χ0v) is 13.6. The van der Waals surface area contributed by atoms with Crippen LogP contribution in [0, 0.1) is 0 Å². The lowest BCUT2D eigenvalue weighted by molar-refractivity contribution is 0.408. The molecule has 1 unspecified atom stereocenters. The second kappa shape index (κ2) is 6.91. The predicted octanol–water partition coefficient (Wildman–Crippen LogP) is 3.25. The first-order chi connectivity index (χ1) is 10.0. The van der Waals surface area contributed by atoms with Gasteiger partial charge in [0.1, 0.15) is 5.75 Å². The quantitative estimate of drug-likeness (QED) is 0.844. The monoisotopic (exact) mass is 326 g/mol. The second-order valence-corrected chi connectivity index (χ2v) is 5.37. The van der Waals surface area contributed by atoms with Crippen molar-refractivity contribution in [2.24, 2.45) is 0 Å². The van der Waals surface area contributed by atoms with Gasteiger partial charge in [-0.1, -0.05) is 29.8 Å². The Morgan fingerprint density at radius 1 is 1.24 bits per heavy atom. The van der Waals surface area contributed by atoms with Gasteiger partial charge in [-0.3, -0.25) is 0 Å². The van der Waals surface area contributed by atoms with Crippen molar-refractivity contribution in [1.82, 2.24) is 15.2 Å². The van der Waals surface area contributed by atoms with E-state index in [-0.39, 0.29) is 16.5 Å². The molecule has 7 heteroatoms. The number of hydrogen-bond acceptors (Lipinski definition) is 5. The van der Waals surface area contributed by atoms with Crippen LogP contribution in [0.3, 0.4) is 0 Å². The number of rotatable bonds is 5. The Labute approximate surface area is 133 Å². The summed E-state index contributed by atoms with van der Waals surface area (Å²) < 4.78 is 5.37. The lowest BCUT2D eigenvalue weighted by Crippen LogP contribution is -2.32. The number of methoxy groups -OCH3 is 1. The maximum absolute atomic E-state index is 6.04. The van der Waals surface area contributed by atoms with E-state index < -0.39 is 0 Å². The van der Waals surface area contributed by atoms with Crippen LogP contribution in [-0.2, 0) is 6.42 Å². The number of hydrogen-bond donors (Lipinski definition) is 0. The molecule has 0 radical (unpaired) electrons. The molecule has 0 fully saturated rings. The Hall–Kier alpha value is -1.59. The highest BCUT2D eigenvalue weighted by molar-refractivity contribution is 6.32. The van der Waals surface area contributed by atoms with Crippen LogP contribution >= 0.6 is 23.2 Å². The molecule has 0 aliphatic rings. The van der Waals surface area contributed by atoms with E-state index in [1.165, 1.54) is 0 Å². The minimum atomic E-state index is 0.0748. The standard InChI is InChI=1S/C14H16Cl2N4O/c1-9(8-10-6-4-5-7-11(10)21-3)20(2)13-12(15)18-19-14(16)17-13/h4-7,9H,8H2,1-3H3. The first-order valence-corrected chi connectivity index (χ1v) is 7.19. The SMILES string of the molecule is COc1ccccc1CC(C)N(C)c1nc(Cl)nnc1Cl. The molecular formula is C14H16Cl2N4O. The van der Waals surface area contributed by atoms with Crippen molar-refractivity contribution in [3.63, 3.8) is 0 Å². The summed E-state index contributed by atoms with van der Waals surface area (Å²) in [7, 11) is 3.56. The molecule has 21 heavy (non-hydrogen) atoms. The molecule has 2 rings (SSSR count). The topological polar surface area (TPSA) is 51.1 Å². The third kappa shape index (κ3) is 3.74. The molecule has 0 saturated heterocycles. The van der Waals surface area contributed by atoms with Gasteiger partial charge >= 0.3 is 0 Å². The summed E-state index contributed by atoms with van der Waals surface area (Å²) in [6.07, 6.45) is 0.776. The van der Waals surface area contributed by atoms with E-state index >= 15 is 0 Å². The van der Waals surface area contributed by atoms with E-state index in [1.54, 1.807) is 7.11 Å². The Morgan fingerprint density at radius 3 is 2.67 bits per heavy atom. The van der Waals surface area contributed by atoms with Crippen molar-refractivity contribution in [2.75, 3.05) is 19.1 Å². The molecule has 0 aliphatic carbocycles. The Kier molecular flexibility index (Phi) is 5.20. The van der Waals surface area contributed by atoms with Crippen LogP contribution in [0.4, 0.5) is 5.82 Å². The number of nitrogens with zero attached hydrogens (tertiary/aromatic N) is 4. The zero-order valence-electron chi connectivity index (χ0n) is 12.0. The lowest BCUT2D eigenvalue weighted by atomic mass is 10.1. The van der Waals surface area contributed by atoms with Crippen molar-refractivity contribution in [3.8, 4) is 5.75 Å². The van der Waals surface area contributed by atoms with E-state index in [0.29, 0.717) is 5.82 Å². The summed E-state index contributed by atoms with van der Waals surface area (Å²) >= 11 is 11.8. The minimum Gasteiger partial charge on any atom is -0.496 e. The summed E-state index contributed by atoms with van der Waals surface area (Å²) in [5, 5.41) is 7.70. The molecule has 2 aromatic rings. The van der Waals surface area contributed by atoms with Crippen LogP contribution < -0.4 is 9.64 Å². The van der Waals surface area contributed by atoms with E-state index in [0.717, 1.165) is 17.7 Å².